The molecule has 22 heavy (non-hydrogen) atoms. The fourth-order valence-corrected chi connectivity index (χ4v) is 3.48. The molecule has 1 heterocycles. The van der Waals surface area contributed by atoms with Crippen molar-refractivity contribution in [3.63, 3.8) is 0 Å². The van der Waals surface area contributed by atoms with E-state index in [1.807, 2.05) is 12.1 Å². The van der Waals surface area contributed by atoms with Crippen molar-refractivity contribution >= 4 is 28.9 Å². The first-order valence-electron chi connectivity index (χ1n) is 7.73. The molecular formula is C18H20Cl2N2. The van der Waals surface area contributed by atoms with Gasteiger partial charge in [-0.1, -0.05) is 42.3 Å². The van der Waals surface area contributed by atoms with Crippen molar-refractivity contribution in [2.75, 3.05) is 18.4 Å². The first-order valence-corrected chi connectivity index (χ1v) is 8.48. The Labute approximate surface area is 141 Å². The third kappa shape index (κ3) is 3.40. The van der Waals surface area contributed by atoms with Gasteiger partial charge in [0.25, 0.3) is 0 Å². The normalized spacial score (nSPS) is 16.4. The SMILES string of the molecule is CCNCC[C@H]1Cc2cc(-c3ccc(Cl)cc3Cl)ccc2N1. The van der Waals surface area contributed by atoms with E-state index in [0.29, 0.717) is 16.1 Å². The molecule has 0 aliphatic carbocycles. The predicted octanol–water partition coefficient (Wildman–Crippen LogP) is 5.00. The summed E-state index contributed by atoms with van der Waals surface area (Å²) in [7, 11) is 0. The average molecular weight is 335 g/mol. The maximum absolute atomic E-state index is 6.32. The Hall–Kier alpha value is -1.22. The fourth-order valence-electron chi connectivity index (χ4n) is 2.96. The quantitative estimate of drug-likeness (QED) is 0.752. The molecule has 2 aromatic rings. The van der Waals surface area contributed by atoms with Gasteiger partial charge in [0.15, 0.2) is 0 Å². The van der Waals surface area contributed by atoms with Crippen molar-refractivity contribution in [3.8, 4) is 11.1 Å². The largest absolute Gasteiger partial charge is 0.382 e. The average Bonchev–Trinajstić information content (AvgIpc) is 2.89. The molecule has 4 heteroatoms. The number of fused-ring (bicyclic) bond motifs is 1. The highest BCUT2D eigenvalue weighted by molar-refractivity contribution is 6.36. The van der Waals surface area contributed by atoms with Gasteiger partial charge in [-0.2, -0.15) is 0 Å². The third-order valence-electron chi connectivity index (χ3n) is 4.09. The Balaban J connectivity index is 1.77. The summed E-state index contributed by atoms with van der Waals surface area (Å²) in [5, 5.41) is 8.35. The number of anilines is 1. The molecule has 0 unspecified atom stereocenters. The summed E-state index contributed by atoms with van der Waals surface area (Å²) in [6.45, 7) is 4.22. The molecular weight excluding hydrogens is 315 g/mol. The van der Waals surface area contributed by atoms with Gasteiger partial charge in [0, 0.05) is 27.3 Å². The number of hydrogen-bond donors (Lipinski definition) is 2. The highest BCUT2D eigenvalue weighted by Gasteiger charge is 2.20. The summed E-state index contributed by atoms with van der Waals surface area (Å²) in [6, 6.07) is 12.7. The van der Waals surface area contributed by atoms with E-state index in [4.69, 9.17) is 23.2 Å². The molecule has 2 nitrogen and oxygen atoms in total. The molecule has 0 saturated heterocycles. The smallest absolute Gasteiger partial charge is 0.0499 e. The molecule has 0 amide bonds. The molecule has 1 aliphatic heterocycles. The van der Waals surface area contributed by atoms with Gasteiger partial charge in [-0.05, 0) is 61.3 Å². The molecule has 1 aliphatic rings. The van der Waals surface area contributed by atoms with Gasteiger partial charge in [0.1, 0.15) is 0 Å². The van der Waals surface area contributed by atoms with Crippen LogP contribution in [0.15, 0.2) is 36.4 Å². The van der Waals surface area contributed by atoms with Crippen molar-refractivity contribution in [3.05, 3.63) is 52.0 Å². The molecule has 0 bridgehead atoms. The van der Waals surface area contributed by atoms with E-state index in [2.05, 4.69) is 35.8 Å². The lowest BCUT2D eigenvalue weighted by molar-refractivity contribution is 0.608. The molecule has 0 spiro atoms. The van der Waals surface area contributed by atoms with Gasteiger partial charge >= 0.3 is 0 Å². The van der Waals surface area contributed by atoms with Crippen LogP contribution in [0, 0.1) is 0 Å². The molecule has 1 atom stereocenters. The molecule has 3 rings (SSSR count). The van der Waals surface area contributed by atoms with Crippen molar-refractivity contribution in [1.29, 1.82) is 0 Å². The van der Waals surface area contributed by atoms with E-state index in [-0.39, 0.29) is 0 Å². The minimum Gasteiger partial charge on any atom is -0.382 e. The van der Waals surface area contributed by atoms with Crippen molar-refractivity contribution in [2.45, 2.75) is 25.8 Å². The van der Waals surface area contributed by atoms with Crippen molar-refractivity contribution in [1.82, 2.24) is 5.32 Å². The zero-order valence-corrected chi connectivity index (χ0v) is 14.1. The Morgan fingerprint density at radius 2 is 2.05 bits per heavy atom. The van der Waals surface area contributed by atoms with E-state index >= 15 is 0 Å². The second-order valence-corrected chi connectivity index (χ2v) is 6.53. The van der Waals surface area contributed by atoms with Crippen LogP contribution in [0.25, 0.3) is 11.1 Å². The van der Waals surface area contributed by atoms with E-state index < -0.39 is 0 Å². The Kier molecular flexibility index (Phi) is 4.92. The van der Waals surface area contributed by atoms with Gasteiger partial charge in [0.05, 0.1) is 0 Å². The number of halogens is 2. The summed E-state index contributed by atoms with van der Waals surface area (Å²) in [6.07, 6.45) is 2.21. The van der Waals surface area contributed by atoms with E-state index in [1.165, 1.54) is 11.3 Å². The van der Waals surface area contributed by atoms with Gasteiger partial charge in [0.2, 0.25) is 0 Å². The van der Waals surface area contributed by atoms with Crippen LogP contribution in [0.3, 0.4) is 0 Å². The lowest BCUT2D eigenvalue weighted by Crippen LogP contribution is -2.23. The third-order valence-corrected chi connectivity index (χ3v) is 4.64. The Morgan fingerprint density at radius 3 is 2.82 bits per heavy atom. The lowest BCUT2D eigenvalue weighted by atomic mass is 10.0. The van der Waals surface area contributed by atoms with Gasteiger partial charge in [-0.25, -0.2) is 0 Å². The van der Waals surface area contributed by atoms with Gasteiger partial charge in [-0.3, -0.25) is 0 Å². The Morgan fingerprint density at radius 1 is 1.18 bits per heavy atom. The van der Waals surface area contributed by atoms with Crippen LogP contribution in [0.5, 0.6) is 0 Å². The second-order valence-electron chi connectivity index (χ2n) is 5.68. The summed E-state index contributed by atoms with van der Waals surface area (Å²) in [5.74, 6) is 0. The van der Waals surface area contributed by atoms with Gasteiger partial charge in [-0.15, -0.1) is 0 Å². The zero-order chi connectivity index (χ0) is 15.5. The van der Waals surface area contributed by atoms with Crippen molar-refractivity contribution in [2.24, 2.45) is 0 Å². The second kappa shape index (κ2) is 6.91. The van der Waals surface area contributed by atoms with Crippen LogP contribution < -0.4 is 10.6 Å². The monoisotopic (exact) mass is 334 g/mol. The Bertz CT molecular complexity index is 670. The summed E-state index contributed by atoms with van der Waals surface area (Å²) < 4.78 is 0. The first kappa shape index (κ1) is 15.7. The number of benzene rings is 2. The van der Waals surface area contributed by atoms with E-state index in [1.54, 1.807) is 6.07 Å². The summed E-state index contributed by atoms with van der Waals surface area (Å²) in [4.78, 5) is 0. The lowest BCUT2D eigenvalue weighted by Gasteiger charge is -2.10. The van der Waals surface area contributed by atoms with Crippen LogP contribution >= 0.6 is 23.2 Å². The molecule has 0 radical (unpaired) electrons. The van der Waals surface area contributed by atoms with E-state index in [9.17, 15) is 0 Å². The predicted molar refractivity (Wildman–Crippen MR) is 96.2 cm³/mol. The highest BCUT2D eigenvalue weighted by Crippen LogP contribution is 2.35. The first-order chi connectivity index (χ1) is 10.7. The molecule has 0 fully saturated rings. The minimum atomic E-state index is 0.519. The van der Waals surface area contributed by atoms with Gasteiger partial charge < -0.3 is 10.6 Å². The molecule has 0 saturated carbocycles. The minimum absolute atomic E-state index is 0.519. The summed E-state index contributed by atoms with van der Waals surface area (Å²) >= 11 is 12.3. The number of rotatable bonds is 5. The fraction of sp³-hybridized carbons (Fsp3) is 0.333. The molecule has 116 valence electrons. The van der Waals surface area contributed by atoms with Crippen LogP contribution in [-0.2, 0) is 6.42 Å². The topological polar surface area (TPSA) is 24.1 Å². The maximum atomic E-state index is 6.32. The van der Waals surface area contributed by atoms with Crippen LogP contribution in [0.4, 0.5) is 5.69 Å². The number of hydrogen-bond acceptors (Lipinski definition) is 2. The number of nitrogens with one attached hydrogen (secondary N) is 2. The van der Waals surface area contributed by atoms with Crippen LogP contribution in [0.1, 0.15) is 18.9 Å². The molecule has 0 aromatic heterocycles. The molecule has 2 aromatic carbocycles. The van der Waals surface area contributed by atoms with Crippen molar-refractivity contribution < 1.29 is 0 Å². The van der Waals surface area contributed by atoms with Crippen LogP contribution in [0.2, 0.25) is 10.0 Å². The maximum Gasteiger partial charge on any atom is 0.0499 e. The molecule has 2 N–H and O–H groups in total. The zero-order valence-electron chi connectivity index (χ0n) is 12.6. The highest BCUT2D eigenvalue weighted by atomic mass is 35.5. The summed E-state index contributed by atoms with van der Waals surface area (Å²) in [5.41, 5.74) is 4.79. The van der Waals surface area contributed by atoms with Crippen LogP contribution in [-0.4, -0.2) is 19.1 Å². The standard InChI is InChI=1S/C18H20Cl2N2/c1-2-21-8-7-15-10-13-9-12(3-6-18(13)22-15)16-5-4-14(19)11-17(16)20/h3-6,9,11,15,21-22H,2,7-8,10H2,1H3/t15-/m0/s1. The van der Waals surface area contributed by atoms with E-state index in [0.717, 1.165) is 37.1 Å².